The van der Waals surface area contributed by atoms with Crippen molar-refractivity contribution in [3.63, 3.8) is 0 Å². The van der Waals surface area contributed by atoms with E-state index in [0.717, 1.165) is 11.8 Å². The Morgan fingerprint density at radius 2 is 2.12 bits per heavy atom. The molecule has 3 unspecified atom stereocenters. The van der Waals surface area contributed by atoms with Crippen LogP contribution in [0.2, 0.25) is 0 Å². The Labute approximate surface area is 102 Å². The molecule has 1 rings (SSSR count). The summed E-state index contributed by atoms with van der Waals surface area (Å²) in [5.41, 5.74) is 0. The first-order chi connectivity index (χ1) is 7.61. The first-order valence-corrected chi connectivity index (χ1v) is 7.03. The van der Waals surface area contributed by atoms with E-state index in [4.69, 9.17) is 0 Å². The molecule has 0 aliphatic carbocycles. The Kier molecular flexibility index (Phi) is 6.37. The lowest BCUT2D eigenvalue weighted by Gasteiger charge is -2.31. The molecule has 96 valence electrons. The van der Waals surface area contributed by atoms with Crippen LogP contribution in [0.25, 0.3) is 0 Å². The van der Waals surface area contributed by atoms with Gasteiger partial charge in [0.2, 0.25) is 0 Å². The molecule has 0 radical (unpaired) electrons. The number of hydrogen-bond acceptors (Lipinski definition) is 2. The normalized spacial score (nSPS) is 26.6. The predicted molar refractivity (Wildman–Crippen MR) is 71.8 cm³/mol. The van der Waals surface area contributed by atoms with Gasteiger partial charge in [0.15, 0.2) is 0 Å². The molecule has 0 saturated carbocycles. The molecular weight excluding hydrogens is 196 g/mol. The van der Waals surface area contributed by atoms with Gasteiger partial charge >= 0.3 is 0 Å². The lowest BCUT2D eigenvalue weighted by Crippen LogP contribution is -2.40. The van der Waals surface area contributed by atoms with Gasteiger partial charge in [-0.25, -0.2) is 0 Å². The zero-order valence-electron chi connectivity index (χ0n) is 11.6. The quantitative estimate of drug-likeness (QED) is 0.749. The van der Waals surface area contributed by atoms with Crippen LogP contribution in [0, 0.1) is 11.8 Å². The Bertz CT molecular complexity index is 182. The summed E-state index contributed by atoms with van der Waals surface area (Å²) >= 11 is 0. The van der Waals surface area contributed by atoms with Gasteiger partial charge in [-0.1, -0.05) is 20.3 Å². The summed E-state index contributed by atoms with van der Waals surface area (Å²) in [6.45, 7) is 10.8. The summed E-state index contributed by atoms with van der Waals surface area (Å²) in [7, 11) is 2.24. The molecule has 1 aliphatic rings. The molecule has 1 saturated heterocycles. The Morgan fingerprint density at radius 3 is 2.75 bits per heavy atom. The van der Waals surface area contributed by atoms with Crippen molar-refractivity contribution in [1.82, 2.24) is 10.2 Å². The third-order valence-electron chi connectivity index (χ3n) is 3.93. The van der Waals surface area contributed by atoms with Gasteiger partial charge in [-0.3, -0.25) is 0 Å². The molecule has 0 amide bonds. The second-order valence-corrected chi connectivity index (χ2v) is 5.83. The van der Waals surface area contributed by atoms with E-state index in [9.17, 15) is 0 Å². The zero-order valence-corrected chi connectivity index (χ0v) is 11.6. The second-order valence-electron chi connectivity index (χ2n) is 5.83. The standard InChI is InChI=1S/C14H30N2/c1-5-12(2)9-13(3)15-10-14-7-6-8-16(4)11-14/h12-15H,5-11H2,1-4H3. The minimum atomic E-state index is 0.683. The number of hydrogen-bond donors (Lipinski definition) is 1. The smallest absolute Gasteiger partial charge is 0.00413 e. The summed E-state index contributed by atoms with van der Waals surface area (Å²) in [6, 6.07) is 0.683. The van der Waals surface area contributed by atoms with Crippen molar-refractivity contribution >= 4 is 0 Å². The Balaban J connectivity index is 2.13. The topological polar surface area (TPSA) is 15.3 Å². The number of likely N-dealkylation sites (tertiary alicyclic amines) is 1. The van der Waals surface area contributed by atoms with Crippen molar-refractivity contribution in [1.29, 1.82) is 0 Å². The van der Waals surface area contributed by atoms with Crippen LogP contribution >= 0.6 is 0 Å². The molecule has 0 aromatic rings. The van der Waals surface area contributed by atoms with Crippen molar-refractivity contribution in [3.05, 3.63) is 0 Å². The van der Waals surface area contributed by atoms with Crippen LogP contribution in [0.15, 0.2) is 0 Å². The molecule has 2 heteroatoms. The molecular formula is C14H30N2. The van der Waals surface area contributed by atoms with Gasteiger partial charge in [-0.05, 0) is 58.2 Å². The van der Waals surface area contributed by atoms with Gasteiger partial charge in [0.05, 0.1) is 0 Å². The van der Waals surface area contributed by atoms with Gasteiger partial charge < -0.3 is 10.2 Å². The van der Waals surface area contributed by atoms with Crippen molar-refractivity contribution in [2.45, 2.75) is 52.5 Å². The maximum Gasteiger partial charge on any atom is 0.00413 e. The fourth-order valence-corrected chi connectivity index (χ4v) is 2.66. The van der Waals surface area contributed by atoms with Gasteiger partial charge in [-0.2, -0.15) is 0 Å². The SMILES string of the molecule is CCC(C)CC(C)NCC1CCCN(C)C1. The molecule has 3 atom stereocenters. The van der Waals surface area contributed by atoms with E-state index in [1.165, 1.54) is 45.3 Å². The average molecular weight is 226 g/mol. The van der Waals surface area contributed by atoms with E-state index >= 15 is 0 Å². The van der Waals surface area contributed by atoms with E-state index in [2.05, 4.69) is 38.0 Å². The van der Waals surface area contributed by atoms with E-state index in [1.807, 2.05) is 0 Å². The predicted octanol–water partition coefficient (Wildman–Crippen LogP) is 2.74. The van der Waals surface area contributed by atoms with Crippen molar-refractivity contribution < 1.29 is 0 Å². The molecule has 16 heavy (non-hydrogen) atoms. The highest BCUT2D eigenvalue weighted by Gasteiger charge is 2.17. The van der Waals surface area contributed by atoms with Crippen LogP contribution in [-0.4, -0.2) is 37.6 Å². The van der Waals surface area contributed by atoms with Crippen molar-refractivity contribution in [2.24, 2.45) is 11.8 Å². The van der Waals surface area contributed by atoms with Crippen molar-refractivity contribution in [3.8, 4) is 0 Å². The van der Waals surface area contributed by atoms with Gasteiger partial charge in [0.1, 0.15) is 0 Å². The molecule has 1 fully saturated rings. The first kappa shape index (κ1) is 14.0. The summed E-state index contributed by atoms with van der Waals surface area (Å²) < 4.78 is 0. The summed E-state index contributed by atoms with van der Waals surface area (Å²) in [6.07, 6.45) is 5.41. The highest BCUT2D eigenvalue weighted by molar-refractivity contribution is 4.74. The van der Waals surface area contributed by atoms with E-state index < -0.39 is 0 Å². The molecule has 1 N–H and O–H groups in total. The minimum absolute atomic E-state index is 0.683. The monoisotopic (exact) mass is 226 g/mol. The molecule has 0 aromatic carbocycles. The van der Waals surface area contributed by atoms with Crippen LogP contribution in [0.3, 0.4) is 0 Å². The Morgan fingerprint density at radius 1 is 1.38 bits per heavy atom. The summed E-state index contributed by atoms with van der Waals surface area (Å²) in [5, 5.41) is 3.71. The highest BCUT2D eigenvalue weighted by Crippen LogP contribution is 2.15. The van der Waals surface area contributed by atoms with Gasteiger partial charge in [0, 0.05) is 12.6 Å². The number of nitrogens with one attached hydrogen (secondary N) is 1. The molecule has 0 aromatic heterocycles. The molecule has 0 bridgehead atoms. The molecule has 1 heterocycles. The fraction of sp³-hybridized carbons (Fsp3) is 1.00. The van der Waals surface area contributed by atoms with Crippen LogP contribution in [-0.2, 0) is 0 Å². The van der Waals surface area contributed by atoms with Crippen molar-refractivity contribution in [2.75, 3.05) is 26.7 Å². The average Bonchev–Trinajstić information content (AvgIpc) is 2.26. The maximum atomic E-state index is 3.71. The molecule has 1 aliphatic heterocycles. The minimum Gasteiger partial charge on any atom is -0.314 e. The third-order valence-corrected chi connectivity index (χ3v) is 3.93. The zero-order chi connectivity index (χ0) is 12.0. The number of piperidine rings is 1. The highest BCUT2D eigenvalue weighted by atomic mass is 15.1. The van der Waals surface area contributed by atoms with E-state index in [0.29, 0.717) is 6.04 Å². The van der Waals surface area contributed by atoms with E-state index in [-0.39, 0.29) is 0 Å². The van der Waals surface area contributed by atoms with Gasteiger partial charge in [0.25, 0.3) is 0 Å². The largest absolute Gasteiger partial charge is 0.314 e. The first-order valence-electron chi connectivity index (χ1n) is 7.03. The third kappa shape index (κ3) is 5.31. The lowest BCUT2D eigenvalue weighted by molar-refractivity contribution is 0.201. The number of rotatable bonds is 6. The van der Waals surface area contributed by atoms with Crippen LogP contribution < -0.4 is 5.32 Å². The second kappa shape index (κ2) is 7.29. The van der Waals surface area contributed by atoms with Crippen LogP contribution in [0.4, 0.5) is 0 Å². The van der Waals surface area contributed by atoms with Crippen LogP contribution in [0.1, 0.15) is 46.5 Å². The van der Waals surface area contributed by atoms with Gasteiger partial charge in [-0.15, -0.1) is 0 Å². The summed E-state index contributed by atoms with van der Waals surface area (Å²) in [4.78, 5) is 2.47. The lowest BCUT2D eigenvalue weighted by atomic mass is 9.96. The maximum absolute atomic E-state index is 3.71. The summed E-state index contributed by atoms with van der Waals surface area (Å²) in [5.74, 6) is 1.73. The van der Waals surface area contributed by atoms with Crippen LogP contribution in [0.5, 0.6) is 0 Å². The van der Waals surface area contributed by atoms with E-state index in [1.54, 1.807) is 0 Å². The molecule has 0 spiro atoms. The molecule has 2 nitrogen and oxygen atoms in total. The Hall–Kier alpha value is -0.0800. The fourth-order valence-electron chi connectivity index (χ4n) is 2.66. The number of nitrogens with zero attached hydrogens (tertiary/aromatic N) is 1.